The zero-order chi connectivity index (χ0) is 16.4. The van der Waals surface area contributed by atoms with Crippen LogP contribution in [-0.2, 0) is 19.2 Å². The summed E-state index contributed by atoms with van der Waals surface area (Å²) in [7, 11) is 0. The van der Waals surface area contributed by atoms with E-state index in [-0.39, 0.29) is 4.41 Å². The van der Waals surface area contributed by atoms with Gasteiger partial charge in [0.2, 0.25) is 0 Å². The third-order valence-electron chi connectivity index (χ3n) is 5.00. The van der Waals surface area contributed by atoms with Crippen LogP contribution in [-0.4, -0.2) is 4.41 Å². The monoisotopic (exact) mass is 355 g/mol. The number of hydrogen-bond donors (Lipinski definition) is 0. The van der Waals surface area contributed by atoms with Crippen LogP contribution in [0.15, 0.2) is 69.2 Å². The van der Waals surface area contributed by atoms with E-state index in [0.29, 0.717) is 0 Å². The number of hydrogen-bond acceptors (Lipinski definition) is 2. The van der Waals surface area contributed by atoms with E-state index in [1.165, 1.54) is 30.7 Å². The van der Waals surface area contributed by atoms with Crippen LogP contribution in [0, 0.1) is 0 Å². The van der Waals surface area contributed by atoms with Crippen molar-refractivity contribution < 1.29 is 23.9 Å². The van der Waals surface area contributed by atoms with Crippen molar-refractivity contribution in [3.63, 3.8) is 0 Å². The van der Waals surface area contributed by atoms with Crippen molar-refractivity contribution >= 4 is 23.8 Å². The second kappa shape index (κ2) is 5.04. The molecule has 2 heterocycles. The Morgan fingerprint density at radius 3 is 2.96 bits per heavy atom. The fourth-order valence-corrected chi connectivity index (χ4v) is 5.94. The van der Waals surface area contributed by atoms with Gasteiger partial charge in [-0.25, -0.2) is 0 Å². The Morgan fingerprint density at radius 1 is 1.00 bits per heavy atom. The fraction of sp³-hybridized carbons (Fsp3) is 0.0455. The van der Waals surface area contributed by atoms with E-state index in [1.807, 2.05) is 0 Å². The van der Waals surface area contributed by atoms with Gasteiger partial charge in [0.25, 0.3) is 0 Å². The molecule has 1 unspecified atom stereocenters. The molecule has 2 aromatic carbocycles. The normalized spacial score (nSPS) is 20.3. The summed E-state index contributed by atoms with van der Waals surface area (Å²) in [5, 5.41) is 4.87. The maximum atomic E-state index is 6.27. The summed E-state index contributed by atoms with van der Waals surface area (Å²) in [5.74, 6) is 1.03. The van der Waals surface area contributed by atoms with Gasteiger partial charge in [-0.05, 0) is 0 Å². The Hall–Kier alpha value is -2.42. The second-order valence-corrected chi connectivity index (χ2v) is 8.71. The van der Waals surface area contributed by atoms with Crippen molar-refractivity contribution in [3.8, 4) is 5.75 Å². The van der Waals surface area contributed by atoms with Crippen molar-refractivity contribution in [3.05, 3.63) is 90.8 Å². The van der Waals surface area contributed by atoms with Crippen molar-refractivity contribution in [1.82, 2.24) is 0 Å². The molecule has 0 spiro atoms. The minimum atomic E-state index is -0.449. The Labute approximate surface area is 153 Å². The standard InChI is InChI=1S/C11H6N.C11H7O.Ti/c1-2-6-10-8(4-1)9-5-3-7-11(9)12-10;1-2-8-6-10-4-5-12-11(10)7-9(8)3-1;/h1-4,6-7H;1-7H;. The molecule has 116 valence electrons. The molecule has 2 aromatic rings. The Morgan fingerprint density at radius 2 is 1.96 bits per heavy atom. The molecule has 2 aliphatic carbocycles. The van der Waals surface area contributed by atoms with E-state index in [0.717, 1.165) is 16.8 Å². The van der Waals surface area contributed by atoms with Gasteiger partial charge < -0.3 is 0 Å². The zero-order valence-corrected chi connectivity index (χ0v) is 14.9. The Bertz CT molecular complexity index is 1290. The van der Waals surface area contributed by atoms with E-state index < -0.39 is 19.2 Å². The molecule has 0 saturated carbocycles. The summed E-state index contributed by atoms with van der Waals surface area (Å²) in [5.41, 5.74) is 3.75. The van der Waals surface area contributed by atoms with E-state index in [4.69, 9.17) is 9.73 Å². The summed E-state index contributed by atoms with van der Waals surface area (Å²) < 4.78 is 7.93. The molecule has 0 aromatic heterocycles. The number of para-hydroxylation sites is 1. The average Bonchev–Trinajstić information content (AvgIpc) is 3.35. The first kappa shape index (κ1) is 13.8. The van der Waals surface area contributed by atoms with Gasteiger partial charge in [0.1, 0.15) is 0 Å². The summed E-state index contributed by atoms with van der Waals surface area (Å²) in [6, 6.07) is 12.9. The minimum absolute atomic E-state index is 0.209. The quantitative estimate of drug-likeness (QED) is 0.746. The molecule has 4 aliphatic rings. The summed E-state index contributed by atoms with van der Waals surface area (Å²) >= 11 is -0.449. The molecule has 2 aliphatic heterocycles. The van der Waals surface area contributed by atoms with Crippen LogP contribution < -0.4 is 25.8 Å². The van der Waals surface area contributed by atoms with Gasteiger partial charge in [-0.15, -0.1) is 0 Å². The number of nitrogens with zero attached hydrogens (tertiary/aromatic N) is 1. The Kier molecular flexibility index (Phi) is 2.79. The molecule has 0 fully saturated rings. The van der Waals surface area contributed by atoms with E-state index >= 15 is 0 Å². The van der Waals surface area contributed by atoms with Crippen molar-refractivity contribution in [2.75, 3.05) is 0 Å². The molecule has 6 rings (SSSR count). The number of allylic oxidation sites excluding steroid dienone is 4. The van der Waals surface area contributed by atoms with Crippen LogP contribution in [0.4, 0.5) is 0 Å². The van der Waals surface area contributed by atoms with E-state index in [1.54, 1.807) is 0 Å². The molecule has 0 amide bonds. The average molecular weight is 355 g/mol. The fourth-order valence-electron chi connectivity index (χ4n) is 3.84. The van der Waals surface area contributed by atoms with Crippen molar-refractivity contribution in [2.24, 2.45) is 4.99 Å². The molecule has 0 radical (unpaired) electrons. The zero-order valence-electron chi connectivity index (χ0n) is 13.4. The third-order valence-corrected chi connectivity index (χ3v) is 7.02. The van der Waals surface area contributed by atoms with Gasteiger partial charge in [-0.2, -0.15) is 0 Å². The molecule has 3 heteroatoms. The van der Waals surface area contributed by atoms with Crippen LogP contribution in [0.3, 0.4) is 0 Å². The topological polar surface area (TPSA) is 21.6 Å². The first-order chi connectivity index (χ1) is 12.3. The predicted molar refractivity (Wildman–Crippen MR) is 94.9 cm³/mol. The van der Waals surface area contributed by atoms with Gasteiger partial charge in [0.05, 0.1) is 0 Å². The number of benzene rings is 2. The molecular formula is C22H13NOTi. The number of rotatable bonds is 2. The second-order valence-electron chi connectivity index (χ2n) is 6.53. The van der Waals surface area contributed by atoms with Gasteiger partial charge in [-0.1, -0.05) is 0 Å². The predicted octanol–water partition coefficient (Wildman–Crippen LogP) is 1.34. The molecule has 0 bridgehead atoms. The van der Waals surface area contributed by atoms with Crippen LogP contribution in [0.25, 0.3) is 23.8 Å². The van der Waals surface area contributed by atoms with E-state index in [2.05, 4.69) is 72.9 Å². The molecule has 0 N–H and O–H groups in total. The SMILES string of the molecule is C1=Cc2cc3c(cc2=C1)O[CH]([Ti][C]1=CC=C2N=c4ccccc4=C21)C=3. The molecule has 25 heavy (non-hydrogen) atoms. The molecule has 1 atom stereocenters. The molecular weight excluding hydrogens is 342 g/mol. The van der Waals surface area contributed by atoms with Gasteiger partial charge in [-0.3, -0.25) is 0 Å². The first-order valence-electron chi connectivity index (χ1n) is 8.43. The number of fused-ring (bicyclic) bond motifs is 4. The van der Waals surface area contributed by atoms with Gasteiger partial charge in [0.15, 0.2) is 0 Å². The first-order valence-corrected chi connectivity index (χ1v) is 10.1. The van der Waals surface area contributed by atoms with Crippen LogP contribution in [0.5, 0.6) is 5.75 Å². The van der Waals surface area contributed by atoms with Gasteiger partial charge >= 0.3 is 154 Å². The summed E-state index contributed by atoms with van der Waals surface area (Å²) in [6.45, 7) is 0. The van der Waals surface area contributed by atoms with Crippen LogP contribution in [0.1, 0.15) is 5.56 Å². The maximum absolute atomic E-state index is 6.27. The third kappa shape index (κ3) is 2.05. The number of ether oxygens (including phenoxy) is 1. The van der Waals surface area contributed by atoms with Crippen LogP contribution >= 0.6 is 0 Å². The van der Waals surface area contributed by atoms with Crippen LogP contribution in [0.2, 0.25) is 0 Å². The van der Waals surface area contributed by atoms with Gasteiger partial charge in [0, 0.05) is 0 Å². The van der Waals surface area contributed by atoms with E-state index in [9.17, 15) is 0 Å². The summed E-state index contributed by atoms with van der Waals surface area (Å²) in [6.07, 6.45) is 13.1. The van der Waals surface area contributed by atoms with Crippen molar-refractivity contribution in [1.29, 1.82) is 0 Å². The Balaban J connectivity index is 1.36. The molecule has 2 nitrogen and oxygen atoms in total. The van der Waals surface area contributed by atoms with Crippen molar-refractivity contribution in [2.45, 2.75) is 4.41 Å². The summed E-state index contributed by atoms with van der Waals surface area (Å²) in [4.78, 5) is 4.75. The molecule has 0 saturated heterocycles.